The Balaban J connectivity index is 1.26. The number of amides is 1. The third-order valence-electron chi connectivity index (χ3n) is 5.24. The summed E-state index contributed by atoms with van der Waals surface area (Å²) in [7, 11) is 0. The van der Waals surface area contributed by atoms with Crippen molar-refractivity contribution in [1.29, 1.82) is 0 Å². The molecule has 2 heterocycles. The van der Waals surface area contributed by atoms with Crippen molar-refractivity contribution in [1.82, 2.24) is 20.2 Å². The van der Waals surface area contributed by atoms with Gasteiger partial charge in [-0.2, -0.15) is 0 Å². The number of imidazole rings is 1. The lowest BCUT2D eigenvalue weighted by atomic mass is 10.1. The third-order valence-corrected chi connectivity index (χ3v) is 5.24. The van der Waals surface area contributed by atoms with Gasteiger partial charge in [-0.05, 0) is 49.8 Å². The Morgan fingerprint density at radius 2 is 2.35 bits per heavy atom. The molecular formula is C18H24N4O. The van der Waals surface area contributed by atoms with E-state index in [-0.39, 0.29) is 5.91 Å². The first kappa shape index (κ1) is 14.7. The van der Waals surface area contributed by atoms with Gasteiger partial charge in [0.15, 0.2) is 0 Å². The molecule has 2 aliphatic rings. The van der Waals surface area contributed by atoms with E-state index in [1.54, 1.807) is 0 Å². The van der Waals surface area contributed by atoms with Crippen LogP contribution in [0.3, 0.4) is 0 Å². The van der Waals surface area contributed by atoms with Crippen molar-refractivity contribution in [3.05, 3.63) is 29.6 Å². The summed E-state index contributed by atoms with van der Waals surface area (Å²) in [5, 5.41) is 3.03. The van der Waals surface area contributed by atoms with Crippen LogP contribution in [-0.4, -0.2) is 46.5 Å². The predicted octanol–water partition coefficient (Wildman–Crippen LogP) is 2.01. The second-order valence-electron chi connectivity index (χ2n) is 7.07. The number of carbonyl (C=O) groups is 1. The molecule has 5 nitrogen and oxygen atoms in total. The van der Waals surface area contributed by atoms with Gasteiger partial charge in [0.05, 0.1) is 17.6 Å². The van der Waals surface area contributed by atoms with Crippen molar-refractivity contribution < 1.29 is 4.79 Å². The van der Waals surface area contributed by atoms with Crippen LogP contribution in [0.1, 0.15) is 30.7 Å². The number of benzene rings is 1. The van der Waals surface area contributed by atoms with E-state index in [1.165, 1.54) is 24.8 Å². The number of rotatable bonds is 5. The highest BCUT2D eigenvalue weighted by Gasteiger charge is 2.38. The molecule has 0 radical (unpaired) electrons. The number of hydrogen-bond donors (Lipinski definition) is 2. The lowest BCUT2D eigenvalue weighted by molar-refractivity contribution is -0.122. The van der Waals surface area contributed by atoms with Crippen LogP contribution in [-0.2, 0) is 11.2 Å². The summed E-state index contributed by atoms with van der Waals surface area (Å²) in [6, 6.07) is 6.86. The summed E-state index contributed by atoms with van der Waals surface area (Å²) < 4.78 is 0. The lowest BCUT2D eigenvalue weighted by Crippen LogP contribution is -2.41. The predicted molar refractivity (Wildman–Crippen MR) is 90.2 cm³/mol. The largest absolute Gasteiger partial charge is 0.355 e. The first-order chi connectivity index (χ1) is 11.2. The van der Waals surface area contributed by atoms with Crippen LogP contribution in [0.4, 0.5) is 0 Å². The number of nitrogens with one attached hydrogen (secondary N) is 2. The molecule has 5 heteroatoms. The Bertz CT molecular complexity index is 723. The molecular weight excluding hydrogens is 288 g/mol. The topological polar surface area (TPSA) is 61.0 Å². The second-order valence-corrected chi connectivity index (χ2v) is 7.07. The molecule has 2 fully saturated rings. The number of hydrogen-bond acceptors (Lipinski definition) is 3. The molecule has 1 aromatic carbocycles. The molecule has 2 aromatic rings. The van der Waals surface area contributed by atoms with Gasteiger partial charge in [-0.25, -0.2) is 4.98 Å². The molecule has 1 saturated heterocycles. The minimum Gasteiger partial charge on any atom is -0.355 e. The third kappa shape index (κ3) is 3.11. The molecule has 1 saturated carbocycles. The Kier molecular flexibility index (Phi) is 3.81. The zero-order valence-corrected chi connectivity index (χ0v) is 13.6. The molecule has 2 atom stereocenters. The Hall–Kier alpha value is -1.88. The van der Waals surface area contributed by atoms with Crippen LogP contribution in [0, 0.1) is 12.8 Å². The molecule has 1 aliphatic heterocycles. The number of piperidine rings is 1. The van der Waals surface area contributed by atoms with Gasteiger partial charge in [0.2, 0.25) is 5.91 Å². The second kappa shape index (κ2) is 5.96. The number of fused-ring (bicyclic) bond motifs is 3. The zero-order valence-electron chi connectivity index (χ0n) is 13.6. The molecule has 23 heavy (non-hydrogen) atoms. The van der Waals surface area contributed by atoms with E-state index < -0.39 is 0 Å². The normalized spacial score (nSPS) is 23.7. The summed E-state index contributed by atoms with van der Waals surface area (Å²) in [4.78, 5) is 22.4. The maximum atomic E-state index is 12.1. The summed E-state index contributed by atoms with van der Waals surface area (Å²) in [6.07, 6.45) is 4.67. The average Bonchev–Trinajstić information content (AvgIpc) is 3.21. The number of nitrogens with zero attached hydrogens (tertiary/aromatic N) is 2. The summed E-state index contributed by atoms with van der Waals surface area (Å²) in [5.74, 6) is 1.92. The molecule has 0 unspecified atom stereocenters. The zero-order chi connectivity index (χ0) is 15.8. The van der Waals surface area contributed by atoms with Gasteiger partial charge in [-0.1, -0.05) is 6.07 Å². The number of H-pyrrole nitrogens is 1. The van der Waals surface area contributed by atoms with Gasteiger partial charge in [-0.15, -0.1) is 0 Å². The Labute approximate surface area is 136 Å². The van der Waals surface area contributed by atoms with E-state index in [2.05, 4.69) is 39.2 Å². The number of aromatic nitrogens is 2. The lowest BCUT2D eigenvalue weighted by Gasteiger charge is -2.25. The maximum absolute atomic E-state index is 12.1. The molecule has 1 amide bonds. The number of carbonyl (C=O) groups excluding carboxylic acids is 1. The highest BCUT2D eigenvalue weighted by atomic mass is 16.2. The Morgan fingerprint density at radius 1 is 1.43 bits per heavy atom. The van der Waals surface area contributed by atoms with Crippen molar-refractivity contribution in [3.8, 4) is 0 Å². The minimum atomic E-state index is 0.143. The molecule has 2 bridgehead atoms. The van der Waals surface area contributed by atoms with Crippen LogP contribution in [0.5, 0.6) is 0 Å². The number of aryl methyl sites for hydroxylation is 1. The van der Waals surface area contributed by atoms with Crippen LogP contribution >= 0.6 is 0 Å². The van der Waals surface area contributed by atoms with Gasteiger partial charge in [0.1, 0.15) is 5.82 Å². The van der Waals surface area contributed by atoms with E-state index >= 15 is 0 Å². The minimum absolute atomic E-state index is 0.143. The number of aromatic amines is 1. The molecule has 1 aliphatic carbocycles. The van der Waals surface area contributed by atoms with Gasteiger partial charge in [0.25, 0.3) is 0 Å². The van der Waals surface area contributed by atoms with Crippen LogP contribution in [0.15, 0.2) is 18.2 Å². The smallest absolute Gasteiger partial charge is 0.234 e. The summed E-state index contributed by atoms with van der Waals surface area (Å²) in [6.45, 7) is 4.38. The fourth-order valence-corrected chi connectivity index (χ4v) is 4.08. The van der Waals surface area contributed by atoms with Crippen LogP contribution < -0.4 is 5.32 Å². The van der Waals surface area contributed by atoms with Gasteiger partial charge >= 0.3 is 0 Å². The van der Waals surface area contributed by atoms with Crippen molar-refractivity contribution >= 4 is 16.9 Å². The quantitative estimate of drug-likeness (QED) is 0.888. The van der Waals surface area contributed by atoms with E-state index in [4.69, 9.17) is 0 Å². The highest BCUT2D eigenvalue weighted by Crippen LogP contribution is 2.36. The Morgan fingerprint density at radius 3 is 3.13 bits per heavy atom. The highest BCUT2D eigenvalue weighted by molar-refractivity contribution is 5.78. The molecule has 2 N–H and O–H groups in total. The molecule has 122 valence electrons. The molecule has 4 rings (SSSR count). The van der Waals surface area contributed by atoms with Crippen LogP contribution in [0.2, 0.25) is 0 Å². The van der Waals surface area contributed by atoms with Gasteiger partial charge < -0.3 is 10.3 Å². The fourth-order valence-electron chi connectivity index (χ4n) is 4.08. The SMILES string of the molecule is Cc1ccc2nc(CCNC(=O)CN3C[C@@H]4CC[C@H]3C4)[nH]c2c1. The van der Waals surface area contributed by atoms with Crippen LogP contribution in [0.25, 0.3) is 11.0 Å². The molecule has 0 spiro atoms. The first-order valence-electron chi connectivity index (χ1n) is 8.63. The fraction of sp³-hybridized carbons (Fsp3) is 0.556. The van der Waals surface area contributed by atoms with E-state index in [1.807, 2.05) is 6.07 Å². The van der Waals surface area contributed by atoms with Gasteiger partial charge in [0, 0.05) is 25.6 Å². The number of likely N-dealkylation sites (tertiary alicyclic amines) is 1. The van der Waals surface area contributed by atoms with E-state index in [9.17, 15) is 4.79 Å². The van der Waals surface area contributed by atoms with Gasteiger partial charge in [-0.3, -0.25) is 9.69 Å². The maximum Gasteiger partial charge on any atom is 0.234 e. The molecule has 1 aromatic heterocycles. The summed E-state index contributed by atoms with van der Waals surface area (Å²) in [5.41, 5.74) is 3.28. The van der Waals surface area contributed by atoms with Crippen molar-refractivity contribution in [2.75, 3.05) is 19.6 Å². The van der Waals surface area contributed by atoms with E-state index in [0.29, 0.717) is 19.1 Å². The average molecular weight is 312 g/mol. The van der Waals surface area contributed by atoms with Crippen molar-refractivity contribution in [2.45, 2.75) is 38.6 Å². The van der Waals surface area contributed by atoms with E-state index in [0.717, 1.165) is 35.7 Å². The monoisotopic (exact) mass is 312 g/mol. The standard InChI is InChI=1S/C18H24N4O/c1-12-2-5-15-16(8-12)21-17(20-15)6-7-19-18(23)11-22-10-13-3-4-14(22)9-13/h2,5,8,13-14H,3-4,6-7,9-11H2,1H3,(H,19,23)(H,20,21)/t13-,14+/m1/s1. The van der Waals surface area contributed by atoms with Crippen molar-refractivity contribution in [2.24, 2.45) is 5.92 Å². The first-order valence-corrected chi connectivity index (χ1v) is 8.63. The summed E-state index contributed by atoms with van der Waals surface area (Å²) >= 11 is 0. The van der Waals surface area contributed by atoms with Crippen molar-refractivity contribution in [3.63, 3.8) is 0 Å².